The zero-order valence-electron chi connectivity index (χ0n) is 19.2. The van der Waals surface area contributed by atoms with Gasteiger partial charge in [0, 0.05) is 29.7 Å². The van der Waals surface area contributed by atoms with Crippen LogP contribution in [0, 0.1) is 6.92 Å². The van der Waals surface area contributed by atoms with Crippen molar-refractivity contribution < 1.29 is 14.0 Å². The van der Waals surface area contributed by atoms with Crippen LogP contribution >= 0.6 is 11.6 Å². The molecule has 6 nitrogen and oxygen atoms in total. The van der Waals surface area contributed by atoms with Crippen LogP contribution in [-0.4, -0.2) is 32.9 Å². The molecule has 0 bridgehead atoms. The minimum atomic E-state index is -1.03. The predicted octanol–water partition coefficient (Wildman–Crippen LogP) is 5.45. The number of hydrogen-bond donors (Lipinski definition) is 1. The van der Waals surface area contributed by atoms with E-state index in [-0.39, 0.29) is 17.9 Å². The standard InChI is InChI=1S/C26H30ClN3O3/c1-17-13-21-23(33-17)14-22-24(31)30(15-18-9-11-19(27)12-10-18)26(2,16-29(21)22)25(32)28-20-7-5-3-4-6-8-20/h9-14,20H,3-8,15-16H2,1-2H3,(H,28,32)/t26-/m0/s1. The lowest BCUT2D eigenvalue weighted by molar-refractivity contribution is -0.134. The van der Waals surface area contributed by atoms with Crippen molar-refractivity contribution in [1.82, 2.24) is 14.8 Å². The van der Waals surface area contributed by atoms with Crippen molar-refractivity contribution in [2.45, 2.75) is 77.0 Å². The number of rotatable bonds is 4. The van der Waals surface area contributed by atoms with Gasteiger partial charge in [0.05, 0.1) is 12.1 Å². The molecule has 1 aromatic carbocycles. The van der Waals surface area contributed by atoms with Crippen molar-refractivity contribution in [1.29, 1.82) is 0 Å². The summed E-state index contributed by atoms with van der Waals surface area (Å²) in [5.41, 5.74) is 1.98. The lowest BCUT2D eigenvalue weighted by Crippen LogP contribution is -2.64. The zero-order valence-corrected chi connectivity index (χ0v) is 20.0. The average Bonchev–Trinajstić information content (AvgIpc) is 3.18. The van der Waals surface area contributed by atoms with Crippen LogP contribution in [-0.2, 0) is 17.9 Å². The molecule has 2 aromatic heterocycles. The highest BCUT2D eigenvalue weighted by Crippen LogP contribution is 2.35. The quantitative estimate of drug-likeness (QED) is 0.519. The van der Waals surface area contributed by atoms with Gasteiger partial charge in [0.1, 0.15) is 17.0 Å². The number of carbonyl (C=O) groups is 2. The van der Waals surface area contributed by atoms with Crippen LogP contribution in [0.15, 0.2) is 40.8 Å². The number of amides is 2. The highest BCUT2D eigenvalue weighted by molar-refractivity contribution is 6.30. The number of aryl methyl sites for hydroxylation is 1. The van der Waals surface area contributed by atoms with Crippen LogP contribution in [0.1, 0.15) is 67.3 Å². The maximum absolute atomic E-state index is 13.8. The zero-order chi connectivity index (χ0) is 23.2. The number of hydrogen-bond acceptors (Lipinski definition) is 3. The predicted molar refractivity (Wildman–Crippen MR) is 128 cm³/mol. The first-order chi connectivity index (χ1) is 15.8. The van der Waals surface area contributed by atoms with Crippen LogP contribution in [0.3, 0.4) is 0 Å². The Balaban J connectivity index is 1.52. The summed E-state index contributed by atoms with van der Waals surface area (Å²) in [7, 11) is 0. The second-order valence-electron chi connectivity index (χ2n) is 9.68. The smallest absolute Gasteiger partial charge is 0.271 e. The third-order valence-electron chi connectivity index (χ3n) is 7.17. The van der Waals surface area contributed by atoms with Gasteiger partial charge in [0.15, 0.2) is 5.58 Å². The normalized spacial score (nSPS) is 21.8. The number of nitrogens with one attached hydrogen (secondary N) is 1. The van der Waals surface area contributed by atoms with Gasteiger partial charge < -0.3 is 19.2 Å². The molecule has 0 unspecified atom stereocenters. The lowest BCUT2D eigenvalue weighted by Gasteiger charge is -2.44. The maximum atomic E-state index is 13.8. The number of benzene rings is 1. The molecule has 33 heavy (non-hydrogen) atoms. The third-order valence-corrected chi connectivity index (χ3v) is 7.42. The summed E-state index contributed by atoms with van der Waals surface area (Å²) in [6.45, 7) is 4.48. The van der Waals surface area contributed by atoms with Gasteiger partial charge in [-0.2, -0.15) is 0 Å². The Kier molecular flexibility index (Phi) is 5.73. The number of carbonyl (C=O) groups excluding carboxylic acids is 2. The minimum Gasteiger partial charge on any atom is -0.460 e. The summed E-state index contributed by atoms with van der Waals surface area (Å²) in [5, 5.41) is 3.94. The summed E-state index contributed by atoms with van der Waals surface area (Å²) in [4.78, 5) is 29.3. The minimum absolute atomic E-state index is 0.0931. The molecule has 0 radical (unpaired) electrons. The molecule has 1 aliphatic carbocycles. The van der Waals surface area contributed by atoms with Gasteiger partial charge >= 0.3 is 0 Å². The second kappa shape index (κ2) is 8.56. The summed E-state index contributed by atoms with van der Waals surface area (Å²) in [6, 6.07) is 11.3. The van der Waals surface area contributed by atoms with Gasteiger partial charge in [-0.25, -0.2) is 0 Å². The third kappa shape index (κ3) is 4.05. The summed E-state index contributed by atoms with van der Waals surface area (Å²) < 4.78 is 7.74. The Labute approximate surface area is 198 Å². The topological polar surface area (TPSA) is 67.5 Å². The largest absolute Gasteiger partial charge is 0.460 e. The van der Waals surface area contributed by atoms with Crippen LogP contribution in [0.25, 0.3) is 11.1 Å². The molecule has 1 aliphatic heterocycles. The van der Waals surface area contributed by atoms with Crippen LogP contribution in [0.4, 0.5) is 0 Å². The molecular formula is C26H30ClN3O3. The van der Waals surface area contributed by atoms with E-state index in [1.165, 1.54) is 12.8 Å². The molecule has 3 heterocycles. The molecule has 1 atom stereocenters. The van der Waals surface area contributed by atoms with Gasteiger partial charge in [0.25, 0.3) is 5.91 Å². The lowest BCUT2D eigenvalue weighted by atomic mass is 9.93. The van der Waals surface area contributed by atoms with Crippen molar-refractivity contribution in [2.24, 2.45) is 0 Å². The van der Waals surface area contributed by atoms with Crippen molar-refractivity contribution in [3.05, 3.63) is 58.4 Å². The van der Waals surface area contributed by atoms with Crippen molar-refractivity contribution >= 4 is 34.5 Å². The fraction of sp³-hybridized carbons (Fsp3) is 0.462. The van der Waals surface area contributed by atoms with Gasteiger partial charge in [0.2, 0.25) is 5.91 Å². The van der Waals surface area contributed by atoms with E-state index >= 15 is 0 Å². The number of fused-ring (bicyclic) bond motifs is 3. The molecule has 1 saturated carbocycles. The van der Waals surface area contributed by atoms with E-state index < -0.39 is 5.54 Å². The first-order valence-electron chi connectivity index (χ1n) is 11.8. The molecule has 5 rings (SSSR count). The van der Waals surface area contributed by atoms with Crippen molar-refractivity contribution in [3.8, 4) is 0 Å². The van der Waals surface area contributed by atoms with Crippen molar-refractivity contribution in [2.75, 3.05) is 0 Å². The van der Waals surface area contributed by atoms with Crippen LogP contribution in [0.5, 0.6) is 0 Å². The maximum Gasteiger partial charge on any atom is 0.271 e. The number of nitrogens with zero attached hydrogens (tertiary/aromatic N) is 2. The van der Waals surface area contributed by atoms with Crippen molar-refractivity contribution in [3.63, 3.8) is 0 Å². The van der Waals surface area contributed by atoms with E-state index in [9.17, 15) is 9.59 Å². The molecule has 2 aliphatic rings. The van der Waals surface area contributed by atoms with E-state index in [4.69, 9.17) is 16.0 Å². The Morgan fingerprint density at radius 2 is 1.85 bits per heavy atom. The van der Waals surface area contributed by atoms with E-state index in [0.717, 1.165) is 42.5 Å². The number of aromatic nitrogens is 1. The molecular weight excluding hydrogens is 438 g/mol. The average molecular weight is 468 g/mol. The molecule has 1 N–H and O–H groups in total. The van der Waals surface area contributed by atoms with E-state index in [0.29, 0.717) is 29.4 Å². The molecule has 2 amide bonds. The van der Waals surface area contributed by atoms with Gasteiger partial charge in [-0.1, -0.05) is 49.4 Å². The Morgan fingerprint density at radius 1 is 1.15 bits per heavy atom. The van der Waals surface area contributed by atoms with Gasteiger partial charge in [-0.15, -0.1) is 0 Å². The van der Waals surface area contributed by atoms with Gasteiger partial charge in [-0.3, -0.25) is 9.59 Å². The van der Waals surface area contributed by atoms with E-state index in [1.54, 1.807) is 11.0 Å². The fourth-order valence-electron chi connectivity index (χ4n) is 5.25. The molecule has 0 saturated heterocycles. The molecule has 1 fully saturated rings. The van der Waals surface area contributed by atoms with Crippen LogP contribution in [0.2, 0.25) is 5.02 Å². The molecule has 7 heteroatoms. The van der Waals surface area contributed by atoms with E-state index in [2.05, 4.69) is 5.32 Å². The van der Waals surface area contributed by atoms with E-state index in [1.807, 2.05) is 48.7 Å². The monoisotopic (exact) mass is 467 g/mol. The highest BCUT2D eigenvalue weighted by Gasteiger charge is 2.48. The second-order valence-corrected chi connectivity index (χ2v) is 10.1. The summed E-state index contributed by atoms with van der Waals surface area (Å²) in [5.74, 6) is 0.527. The Hall–Kier alpha value is -2.73. The Morgan fingerprint density at radius 3 is 2.55 bits per heavy atom. The highest BCUT2D eigenvalue weighted by atomic mass is 35.5. The summed E-state index contributed by atoms with van der Waals surface area (Å²) >= 11 is 6.07. The molecule has 174 valence electrons. The Bertz CT molecular complexity index is 1190. The molecule has 0 spiro atoms. The SMILES string of the molecule is Cc1cc2c(cc3n2C[C@@](C)(C(=O)NC2CCCCCC2)N(Cc2ccc(Cl)cc2)C3=O)o1. The number of furan rings is 1. The number of halogens is 1. The first-order valence-corrected chi connectivity index (χ1v) is 12.2. The van der Waals surface area contributed by atoms with Crippen LogP contribution < -0.4 is 5.32 Å². The summed E-state index contributed by atoms with van der Waals surface area (Å²) in [6.07, 6.45) is 6.68. The fourth-order valence-corrected chi connectivity index (χ4v) is 5.37. The first kappa shape index (κ1) is 22.1. The molecule has 3 aromatic rings. The van der Waals surface area contributed by atoms with Gasteiger partial charge in [-0.05, 0) is 44.4 Å².